The Morgan fingerprint density at radius 3 is 2.94 bits per heavy atom. The van der Waals surface area contributed by atoms with Gasteiger partial charge in [-0.25, -0.2) is 9.37 Å². The molecule has 2 rings (SSSR count). The molecule has 18 heavy (non-hydrogen) atoms. The molecule has 5 nitrogen and oxygen atoms in total. The average Bonchev–Trinajstić information content (AvgIpc) is 2.37. The SMILES string of the molecule is Cc1c(Nc2ccc(C#N)cc2F)nc[nH]c1=O. The third-order valence-electron chi connectivity index (χ3n) is 2.44. The Morgan fingerprint density at radius 2 is 2.28 bits per heavy atom. The van der Waals surface area contributed by atoms with Gasteiger partial charge in [0, 0.05) is 0 Å². The molecule has 1 aromatic carbocycles. The van der Waals surface area contributed by atoms with E-state index in [1.54, 1.807) is 6.92 Å². The maximum absolute atomic E-state index is 13.6. The first-order valence-corrected chi connectivity index (χ1v) is 5.13. The second kappa shape index (κ2) is 4.67. The van der Waals surface area contributed by atoms with Gasteiger partial charge in [-0.2, -0.15) is 5.26 Å². The van der Waals surface area contributed by atoms with Crippen molar-refractivity contribution in [1.82, 2.24) is 9.97 Å². The highest BCUT2D eigenvalue weighted by Gasteiger charge is 2.07. The lowest BCUT2D eigenvalue weighted by atomic mass is 10.2. The van der Waals surface area contributed by atoms with Crippen LogP contribution >= 0.6 is 0 Å². The molecule has 90 valence electrons. The van der Waals surface area contributed by atoms with Gasteiger partial charge in [0.2, 0.25) is 0 Å². The number of aromatic nitrogens is 2. The van der Waals surface area contributed by atoms with Gasteiger partial charge in [0.15, 0.2) is 0 Å². The highest BCUT2D eigenvalue weighted by Crippen LogP contribution is 2.20. The van der Waals surface area contributed by atoms with Crippen LogP contribution in [0.3, 0.4) is 0 Å². The van der Waals surface area contributed by atoms with Crippen LogP contribution < -0.4 is 10.9 Å². The Balaban J connectivity index is 2.38. The van der Waals surface area contributed by atoms with Crippen molar-refractivity contribution in [2.24, 2.45) is 0 Å². The number of nitriles is 1. The van der Waals surface area contributed by atoms with E-state index in [9.17, 15) is 9.18 Å². The lowest BCUT2D eigenvalue weighted by Crippen LogP contribution is -2.13. The number of H-pyrrole nitrogens is 1. The third kappa shape index (κ3) is 2.20. The minimum atomic E-state index is -0.574. The number of nitrogens with one attached hydrogen (secondary N) is 2. The highest BCUT2D eigenvalue weighted by atomic mass is 19.1. The van der Waals surface area contributed by atoms with Gasteiger partial charge in [0.05, 0.1) is 29.2 Å². The van der Waals surface area contributed by atoms with Gasteiger partial charge in [-0.05, 0) is 25.1 Å². The summed E-state index contributed by atoms with van der Waals surface area (Å²) in [5, 5.41) is 11.3. The first kappa shape index (κ1) is 11.8. The molecule has 2 N–H and O–H groups in total. The van der Waals surface area contributed by atoms with Gasteiger partial charge in [-0.3, -0.25) is 4.79 Å². The molecule has 0 saturated carbocycles. The maximum Gasteiger partial charge on any atom is 0.255 e. The fourth-order valence-corrected chi connectivity index (χ4v) is 1.41. The zero-order valence-electron chi connectivity index (χ0n) is 9.49. The predicted molar refractivity (Wildman–Crippen MR) is 64.0 cm³/mol. The standard InChI is InChI=1S/C12H9FN4O/c1-7-11(15-6-16-12(7)18)17-10-3-2-8(5-14)4-9(10)13/h2-4,6H,1H3,(H2,15,16,17,18). The molecule has 6 heteroatoms. The van der Waals surface area contributed by atoms with E-state index in [1.807, 2.05) is 6.07 Å². The largest absolute Gasteiger partial charge is 0.337 e. The number of hydrogen-bond donors (Lipinski definition) is 2. The van der Waals surface area contributed by atoms with E-state index in [-0.39, 0.29) is 22.6 Å². The number of halogens is 1. The van der Waals surface area contributed by atoms with E-state index in [2.05, 4.69) is 15.3 Å². The zero-order chi connectivity index (χ0) is 13.1. The summed E-state index contributed by atoms with van der Waals surface area (Å²) in [6.07, 6.45) is 1.24. The predicted octanol–water partition coefficient (Wildman–Crippen LogP) is 1.83. The third-order valence-corrected chi connectivity index (χ3v) is 2.44. The number of aromatic amines is 1. The van der Waals surface area contributed by atoms with Crippen molar-refractivity contribution in [1.29, 1.82) is 5.26 Å². The Labute approximate surface area is 102 Å². The van der Waals surface area contributed by atoms with Gasteiger partial charge in [0.1, 0.15) is 11.6 Å². The average molecular weight is 244 g/mol. The fourth-order valence-electron chi connectivity index (χ4n) is 1.41. The topological polar surface area (TPSA) is 81.6 Å². The number of anilines is 2. The summed E-state index contributed by atoms with van der Waals surface area (Å²) in [6.45, 7) is 1.58. The van der Waals surface area contributed by atoms with Crippen LogP contribution in [0.4, 0.5) is 15.9 Å². The molecular formula is C12H9FN4O. The molecule has 0 saturated heterocycles. The molecule has 0 aliphatic carbocycles. The van der Waals surface area contributed by atoms with Gasteiger partial charge in [0.25, 0.3) is 5.56 Å². The fraction of sp³-hybridized carbons (Fsp3) is 0.0833. The van der Waals surface area contributed by atoms with E-state index in [0.29, 0.717) is 5.56 Å². The monoisotopic (exact) mass is 244 g/mol. The lowest BCUT2D eigenvalue weighted by molar-refractivity contribution is 0.631. The summed E-state index contributed by atoms with van der Waals surface area (Å²) in [6, 6.07) is 5.86. The summed E-state index contributed by atoms with van der Waals surface area (Å²) in [5.74, 6) is -0.294. The van der Waals surface area contributed by atoms with Crippen molar-refractivity contribution in [3.8, 4) is 6.07 Å². The minimum Gasteiger partial charge on any atom is -0.337 e. The summed E-state index contributed by atoms with van der Waals surface area (Å²) in [7, 11) is 0. The van der Waals surface area contributed by atoms with E-state index < -0.39 is 5.82 Å². The number of hydrogen-bond acceptors (Lipinski definition) is 4. The van der Waals surface area contributed by atoms with Crippen LogP contribution in [0.2, 0.25) is 0 Å². The van der Waals surface area contributed by atoms with Crippen molar-refractivity contribution in [2.45, 2.75) is 6.92 Å². The normalized spacial score (nSPS) is 9.83. The molecule has 0 aliphatic heterocycles. The first-order valence-electron chi connectivity index (χ1n) is 5.13. The van der Waals surface area contributed by atoms with Gasteiger partial charge >= 0.3 is 0 Å². The molecule has 0 unspecified atom stereocenters. The van der Waals surface area contributed by atoms with E-state index in [1.165, 1.54) is 18.5 Å². The molecule has 1 aromatic heterocycles. The van der Waals surface area contributed by atoms with Gasteiger partial charge in [-0.15, -0.1) is 0 Å². The Morgan fingerprint density at radius 1 is 1.50 bits per heavy atom. The first-order chi connectivity index (χ1) is 8.61. The Bertz CT molecular complexity index is 687. The molecule has 1 heterocycles. The van der Waals surface area contributed by atoms with Crippen LogP contribution in [0.25, 0.3) is 0 Å². The van der Waals surface area contributed by atoms with Crippen molar-refractivity contribution in [3.05, 3.63) is 51.8 Å². The second-order valence-corrected chi connectivity index (χ2v) is 3.64. The van der Waals surface area contributed by atoms with Gasteiger partial charge in [-0.1, -0.05) is 0 Å². The molecule has 0 atom stereocenters. The van der Waals surface area contributed by atoms with Crippen molar-refractivity contribution < 1.29 is 4.39 Å². The maximum atomic E-state index is 13.6. The molecule has 0 spiro atoms. The smallest absolute Gasteiger partial charge is 0.255 e. The van der Waals surface area contributed by atoms with Crippen LogP contribution in [-0.4, -0.2) is 9.97 Å². The summed E-state index contributed by atoms with van der Waals surface area (Å²) >= 11 is 0. The summed E-state index contributed by atoms with van der Waals surface area (Å²) < 4.78 is 13.6. The van der Waals surface area contributed by atoms with E-state index in [0.717, 1.165) is 6.07 Å². The van der Waals surface area contributed by atoms with Crippen LogP contribution in [-0.2, 0) is 0 Å². The van der Waals surface area contributed by atoms with Crippen molar-refractivity contribution in [2.75, 3.05) is 5.32 Å². The Hall–Kier alpha value is -2.68. The van der Waals surface area contributed by atoms with Crippen LogP contribution in [0, 0.1) is 24.1 Å². The number of benzene rings is 1. The minimum absolute atomic E-state index is 0.162. The van der Waals surface area contributed by atoms with Crippen LogP contribution in [0.1, 0.15) is 11.1 Å². The Kier molecular flexibility index (Phi) is 3.06. The number of rotatable bonds is 2. The molecule has 0 fully saturated rings. The quantitative estimate of drug-likeness (QED) is 0.844. The zero-order valence-corrected chi connectivity index (χ0v) is 9.49. The molecular weight excluding hydrogens is 235 g/mol. The van der Waals surface area contributed by atoms with E-state index in [4.69, 9.17) is 5.26 Å². The molecule has 0 aliphatic rings. The van der Waals surface area contributed by atoms with Crippen LogP contribution in [0.15, 0.2) is 29.3 Å². The van der Waals surface area contributed by atoms with Crippen molar-refractivity contribution in [3.63, 3.8) is 0 Å². The second-order valence-electron chi connectivity index (χ2n) is 3.64. The molecule has 0 amide bonds. The van der Waals surface area contributed by atoms with E-state index >= 15 is 0 Å². The lowest BCUT2D eigenvalue weighted by Gasteiger charge is -2.08. The summed E-state index contributed by atoms with van der Waals surface area (Å²) in [5.41, 5.74) is 0.464. The van der Waals surface area contributed by atoms with Crippen molar-refractivity contribution >= 4 is 11.5 Å². The van der Waals surface area contributed by atoms with Gasteiger partial charge < -0.3 is 10.3 Å². The molecule has 0 radical (unpaired) electrons. The van der Waals surface area contributed by atoms with Crippen LogP contribution in [0.5, 0.6) is 0 Å². The highest BCUT2D eigenvalue weighted by molar-refractivity contribution is 5.60. The number of nitrogens with zero attached hydrogens (tertiary/aromatic N) is 2. The molecule has 2 aromatic rings. The molecule has 0 bridgehead atoms. The summed E-state index contributed by atoms with van der Waals surface area (Å²) in [4.78, 5) is 17.7.